The summed E-state index contributed by atoms with van der Waals surface area (Å²) in [6.45, 7) is 0. The van der Waals surface area contributed by atoms with Gasteiger partial charge in [-0.1, -0.05) is 23.4 Å². The van der Waals surface area contributed by atoms with Crippen LogP contribution in [0.15, 0.2) is 40.5 Å². The van der Waals surface area contributed by atoms with Gasteiger partial charge in [-0.15, -0.1) is 11.8 Å². The van der Waals surface area contributed by atoms with E-state index in [4.69, 9.17) is 10.9 Å². The van der Waals surface area contributed by atoms with Crippen LogP contribution in [-0.4, -0.2) is 42.2 Å². The van der Waals surface area contributed by atoms with Gasteiger partial charge in [0.2, 0.25) is 0 Å². The monoisotopic (exact) mass is 325 g/mol. The molecule has 8 heteroatoms. The number of hydrogen-bond donors (Lipinski definition) is 2. The van der Waals surface area contributed by atoms with E-state index in [0.717, 1.165) is 5.39 Å². The highest BCUT2D eigenvalue weighted by atomic mass is 32.2. The Balaban J connectivity index is 2.37. The van der Waals surface area contributed by atoms with E-state index < -0.39 is 9.84 Å². The second-order valence-corrected chi connectivity index (χ2v) is 7.86. The highest BCUT2D eigenvalue weighted by Crippen LogP contribution is 2.24. The Labute approximate surface area is 127 Å². The Kier molecular flexibility index (Phi) is 4.69. The van der Waals surface area contributed by atoms with Gasteiger partial charge < -0.3 is 10.9 Å². The first kappa shape index (κ1) is 15.6. The summed E-state index contributed by atoms with van der Waals surface area (Å²) in [5, 5.41) is 13.3. The molecule has 0 aliphatic carbocycles. The summed E-state index contributed by atoms with van der Waals surface area (Å²) in [4.78, 5) is 4.45. The molecule has 0 unspecified atom stereocenters. The Bertz CT molecular complexity index is 788. The molecule has 6 nitrogen and oxygen atoms in total. The second kappa shape index (κ2) is 6.31. The van der Waals surface area contributed by atoms with Crippen molar-refractivity contribution in [3.8, 4) is 0 Å². The molecule has 0 bridgehead atoms. The average molecular weight is 325 g/mol. The van der Waals surface area contributed by atoms with Crippen molar-refractivity contribution < 1.29 is 13.6 Å². The van der Waals surface area contributed by atoms with Gasteiger partial charge in [-0.25, -0.2) is 13.4 Å². The minimum Gasteiger partial charge on any atom is -0.409 e. The summed E-state index contributed by atoms with van der Waals surface area (Å²) < 4.78 is 22.3. The maximum absolute atomic E-state index is 11.1. The van der Waals surface area contributed by atoms with Crippen LogP contribution in [0.4, 0.5) is 0 Å². The number of nitrogens with zero attached hydrogens (tertiary/aromatic N) is 2. The molecule has 1 heterocycles. The molecule has 0 spiro atoms. The third-order valence-electron chi connectivity index (χ3n) is 2.78. The zero-order valence-corrected chi connectivity index (χ0v) is 13.0. The van der Waals surface area contributed by atoms with Gasteiger partial charge in [-0.2, -0.15) is 0 Å². The predicted octanol–water partition coefficient (Wildman–Crippen LogP) is 1.47. The molecule has 1 aromatic carbocycles. The zero-order valence-electron chi connectivity index (χ0n) is 11.4. The van der Waals surface area contributed by atoms with Crippen molar-refractivity contribution >= 4 is 38.3 Å². The van der Waals surface area contributed by atoms with E-state index in [9.17, 15) is 8.42 Å². The fraction of sp³-hybridized carbons (Fsp3) is 0.231. The summed E-state index contributed by atoms with van der Waals surface area (Å²) in [5.41, 5.74) is 6.98. The number of sulfone groups is 1. The molecule has 0 atom stereocenters. The molecule has 0 amide bonds. The molecule has 0 saturated carbocycles. The Morgan fingerprint density at radius 2 is 2.14 bits per heavy atom. The first-order chi connectivity index (χ1) is 9.90. The molecule has 0 saturated heterocycles. The minimum atomic E-state index is -3.00. The van der Waals surface area contributed by atoms with E-state index in [2.05, 4.69) is 10.1 Å². The number of thioether (sulfide) groups is 1. The molecule has 2 aromatic rings. The molecule has 0 aliphatic rings. The Hall–Kier alpha value is -1.80. The molecule has 0 aliphatic heterocycles. The number of para-hydroxylation sites is 1. The molecular formula is C13H15N3O3S2. The van der Waals surface area contributed by atoms with E-state index in [1.54, 1.807) is 6.07 Å². The SMILES string of the molecule is CS(=O)(=O)CCSc1cc(C(N)=NO)c2ccccc2n1. The van der Waals surface area contributed by atoms with Gasteiger partial charge in [0.15, 0.2) is 5.84 Å². The van der Waals surface area contributed by atoms with E-state index in [-0.39, 0.29) is 11.6 Å². The zero-order chi connectivity index (χ0) is 15.5. The van der Waals surface area contributed by atoms with E-state index in [1.165, 1.54) is 18.0 Å². The molecule has 3 N–H and O–H groups in total. The number of benzene rings is 1. The maximum Gasteiger partial charge on any atom is 0.170 e. The lowest BCUT2D eigenvalue weighted by molar-refractivity contribution is 0.318. The highest BCUT2D eigenvalue weighted by Gasteiger charge is 2.10. The lowest BCUT2D eigenvalue weighted by Crippen LogP contribution is -2.14. The van der Waals surface area contributed by atoms with E-state index in [0.29, 0.717) is 21.9 Å². The van der Waals surface area contributed by atoms with Crippen LogP contribution < -0.4 is 5.73 Å². The van der Waals surface area contributed by atoms with Gasteiger partial charge in [0.1, 0.15) is 9.84 Å². The van der Waals surface area contributed by atoms with Crippen molar-refractivity contribution in [1.29, 1.82) is 0 Å². The predicted molar refractivity (Wildman–Crippen MR) is 84.7 cm³/mol. The summed E-state index contributed by atoms with van der Waals surface area (Å²) in [5.74, 6) is 0.476. The summed E-state index contributed by atoms with van der Waals surface area (Å²) in [6, 6.07) is 9.04. The highest BCUT2D eigenvalue weighted by molar-refractivity contribution is 8.00. The minimum absolute atomic E-state index is 0.00133. The number of nitrogens with two attached hydrogens (primary N) is 1. The fourth-order valence-corrected chi connectivity index (χ4v) is 3.91. The molecule has 2 rings (SSSR count). The van der Waals surface area contributed by atoms with Crippen LogP contribution in [0, 0.1) is 0 Å². The van der Waals surface area contributed by atoms with E-state index in [1.807, 2.05) is 24.3 Å². The van der Waals surface area contributed by atoms with Crippen LogP contribution in [-0.2, 0) is 9.84 Å². The largest absolute Gasteiger partial charge is 0.409 e. The third kappa shape index (κ3) is 4.08. The van der Waals surface area contributed by atoms with Crippen LogP contribution in [0.5, 0.6) is 0 Å². The van der Waals surface area contributed by atoms with Gasteiger partial charge in [0, 0.05) is 23.0 Å². The molecular weight excluding hydrogens is 310 g/mol. The summed E-state index contributed by atoms with van der Waals surface area (Å²) in [6.07, 6.45) is 1.20. The third-order valence-corrected chi connectivity index (χ3v) is 4.90. The van der Waals surface area contributed by atoms with Crippen LogP contribution in [0.2, 0.25) is 0 Å². The quantitative estimate of drug-likeness (QED) is 0.283. The maximum atomic E-state index is 11.1. The molecule has 0 fully saturated rings. The molecule has 21 heavy (non-hydrogen) atoms. The molecule has 0 radical (unpaired) electrons. The van der Waals surface area contributed by atoms with Crippen LogP contribution >= 0.6 is 11.8 Å². The Morgan fingerprint density at radius 1 is 1.43 bits per heavy atom. The summed E-state index contributed by atoms with van der Waals surface area (Å²) >= 11 is 1.32. The lowest BCUT2D eigenvalue weighted by atomic mass is 10.1. The van der Waals surface area contributed by atoms with Crippen LogP contribution in [0.25, 0.3) is 10.9 Å². The van der Waals surface area contributed by atoms with Crippen LogP contribution in [0.3, 0.4) is 0 Å². The number of fused-ring (bicyclic) bond motifs is 1. The van der Waals surface area contributed by atoms with Crippen molar-refractivity contribution in [1.82, 2.24) is 4.98 Å². The normalized spacial score (nSPS) is 12.7. The van der Waals surface area contributed by atoms with Crippen molar-refractivity contribution in [3.63, 3.8) is 0 Å². The number of amidine groups is 1. The Morgan fingerprint density at radius 3 is 2.81 bits per heavy atom. The first-order valence-electron chi connectivity index (χ1n) is 6.09. The van der Waals surface area contributed by atoms with Crippen molar-refractivity contribution in [2.24, 2.45) is 10.9 Å². The van der Waals surface area contributed by atoms with Crippen molar-refractivity contribution in [2.45, 2.75) is 5.03 Å². The van der Waals surface area contributed by atoms with Gasteiger partial charge in [0.25, 0.3) is 0 Å². The van der Waals surface area contributed by atoms with Gasteiger partial charge in [-0.3, -0.25) is 0 Å². The molecule has 1 aromatic heterocycles. The van der Waals surface area contributed by atoms with Gasteiger partial charge in [-0.05, 0) is 12.1 Å². The number of aromatic nitrogens is 1. The van der Waals surface area contributed by atoms with Gasteiger partial charge in [0.05, 0.1) is 16.3 Å². The second-order valence-electron chi connectivity index (χ2n) is 4.49. The number of hydrogen-bond acceptors (Lipinski definition) is 6. The first-order valence-corrected chi connectivity index (χ1v) is 9.13. The number of pyridine rings is 1. The lowest BCUT2D eigenvalue weighted by Gasteiger charge is -2.08. The summed E-state index contributed by atoms with van der Waals surface area (Å²) in [7, 11) is -3.00. The van der Waals surface area contributed by atoms with E-state index >= 15 is 0 Å². The van der Waals surface area contributed by atoms with Crippen molar-refractivity contribution in [2.75, 3.05) is 17.8 Å². The fourth-order valence-electron chi connectivity index (χ4n) is 1.79. The van der Waals surface area contributed by atoms with Crippen LogP contribution in [0.1, 0.15) is 5.56 Å². The number of rotatable bonds is 5. The molecule has 112 valence electrons. The van der Waals surface area contributed by atoms with Crippen molar-refractivity contribution in [3.05, 3.63) is 35.9 Å². The average Bonchev–Trinajstić information content (AvgIpc) is 2.44. The smallest absolute Gasteiger partial charge is 0.170 e. The number of oxime groups is 1. The van der Waals surface area contributed by atoms with Gasteiger partial charge >= 0.3 is 0 Å². The topological polar surface area (TPSA) is 106 Å². The standard InChI is InChI=1S/C13H15N3O3S2/c1-21(18,19)7-6-20-12-8-10(13(14)16-17)9-4-2-3-5-11(9)15-12/h2-5,8,17H,6-7H2,1H3,(H2,14,16).